The molecule has 0 aromatic carbocycles. The average Bonchev–Trinajstić information content (AvgIpc) is 1.97. The van der Waals surface area contributed by atoms with Crippen LogP contribution in [0.2, 0.25) is 0 Å². The third-order valence-corrected chi connectivity index (χ3v) is 1.02. The lowest BCUT2D eigenvalue weighted by molar-refractivity contribution is 0.0928. The minimum absolute atomic E-state index is 0.496. The molecule has 0 aromatic rings. The highest BCUT2D eigenvalue weighted by atomic mass is 16.5. The molecule has 0 aliphatic heterocycles. The van der Waals surface area contributed by atoms with Gasteiger partial charge in [0, 0.05) is 6.54 Å². The summed E-state index contributed by atoms with van der Waals surface area (Å²) in [6.07, 6.45) is 4.99. The van der Waals surface area contributed by atoms with Crippen molar-refractivity contribution >= 4 is 0 Å². The summed E-state index contributed by atoms with van der Waals surface area (Å²) < 4.78 is 5.10. The van der Waals surface area contributed by atoms with Gasteiger partial charge in [0.25, 0.3) is 0 Å². The van der Waals surface area contributed by atoms with Crippen molar-refractivity contribution in [1.82, 2.24) is 5.48 Å². The second-order valence-electron chi connectivity index (χ2n) is 1.88. The first-order valence-corrected chi connectivity index (χ1v) is 3.47. The van der Waals surface area contributed by atoms with Crippen LogP contribution in [0.25, 0.3) is 0 Å². The van der Waals surface area contributed by atoms with Gasteiger partial charge in [0.15, 0.2) is 0 Å². The van der Waals surface area contributed by atoms with Crippen LogP contribution in [0.5, 0.6) is 0 Å². The van der Waals surface area contributed by atoms with Crippen molar-refractivity contribution in [3.8, 4) is 0 Å². The molecule has 0 unspecified atom stereocenters. The highest BCUT2D eigenvalue weighted by Gasteiger charge is 1.83. The molecule has 3 nitrogen and oxygen atoms in total. The van der Waals surface area contributed by atoms with Gasteiger partial charge in [-0.1, -0.05) is 12.2 Å². The molecule has 0 aliphatic carbocycles. The maximum absolute atomic E-state index is 8.12. The second kappa shape index (κ2) is 8.62. The molecule has 0 fully saturated rings. The van der Waals surface area contributed by atoms with Gasteiger partial charge in [-0.25, -0.2) is 5.48 Å². The third-order valence-electron chi connectivity index (χ3n) is 1.02. The van der Waals surface area contributed by atoms with Crippen molar-refractivity contribution in [2.75, 3.05) is 19.8 Å². The van der Waals surface area contributed by atoms with E-state index in [1.807, 2.05) is 24.6 Å². The number of hydroxylamine groups is 1. The maximum atomic E-state index is 8.12. The van der Waals surface area contributed by atoms with Crippen molar-refractivity contribution in [1.29, 1.82) is 0 Å². The molecule has 10 heavy (non-hydrogen) atoms. The van der Waals surface area contributed by atoms with Crippen LogP contribution in [0, 0.1) is 0 Å². The Morgan fingerprint density at radius 2 is 2.30 bits per heavy atom. The lowest BCUT2D eigenvalue weighted by atomic mass is 10.4. The van der Waals surface area contributed by atoms with Crippen LogP contribution in [0.4, 0.5) is 0 Å². The predicted molar refractivity (Wildman–Crippen MR) is 40.0 cm³/mol. The van der Waals surface area contributed by atoms with E-state index in [0.717, 1.165) is 13.0 Å². The molecule has 0 aliphatic rings. The molecule has 0 atom stereocenters. The maximum Gasteiger partial charge on any atom is 0.0614 e. The van der Waals surface area contributed by atoms with Crippen LogP contribution >= 0.6 is 0 Å². The van der Waals surface area contributed by atoms with Crippen molar-refractivity contribution in [2.45, 2.75) is 13.3 Å². The molecule has 0 amide bonds. The zero-order valence-corrected chi connectivity index (χ0v) is 6.34. The molecule has 0 spiro atoms. The van der Waals surface area contributed by atoms with Crippen LogP contribution in [-0.4, -0.2) is 25.0 Å². The molecule has 0 rings (SSSR count). The average molecular weight is 145 g/mol. The Hall–Kier alpha value is -0.380. The van der Waals surface area contributed by atoms with Gasteiger partial charge >= 0.3 is 0 Å². The molecule has 2 N–H and O–H groups in total. The molecular formula is C7H15NO2. The summed E-state index contributed by atoms with van der Waals surface area (Å²) in [6.45, 7) is 3.77. The number of rotatable bonds is 6. The quantitative estimate of drug-likeness (QED) is 0.332. The highest BCUT2D eigenvalue weighted by Crippen LogP contribution is 1.83. The Morgan fingerprint density at radius 1 is 1.50 bits per heavy atom. The van der Waals surface area contributed by atoms with E-state index in [1.54, 1.807) is 0 Å². The summed E-state index contributed by atoms with van der Waals surface area (Å²) >= 11 is 0. The van der Waals surface area contributed by atoms with Crippen LogP contribution < -0.4 is 5.48 Å². The smallest absolute Gasteiger partial charge is 0.0614 e. The van der Waals surface area contributed by atoms with Crippen LogP contribution in [0.1, 0.15) is 13.3 Å². The first-order chi connectivity index (χ1) is 4.91. The number of allylic oxidation sites excluding steroid dienone is 1. The zero-order valence-electron chi connectivity index (χ0n) is 6.34. The Labute approximate surface area is 61.7 Å². The number of nitrogens with one attached hydrogen (secondary N) is 1. The Bertz CT molecular complexity index is 83.7. The largest absolute Gasteiger partial charge is 0.380 e. The molecule has 0 saturated carbocycles. The molecule has 0 aromatic heterocycles. The van der Waals surface area contributed by atoms with E-state index in [-0.39, 0.29) is 0 Å². The summed E-state index contributed by atoms with van der Waals surface area (Å²) in [5.74, 6) is 0. The minimum Gasteiger partial charge on any atom is -0.380 e. The van der Waals surface area contributed by atoms with Gasteiger partial charge in [-0.05, 0) is 13.3 Å². The molecule has 0 radical (unpaired) electrons. The summed E-state index contributed by atoms with van der Waals surface area (Å²) in [7, 11) is 0. The molecule has 0 bridgehead atoms. The molecule has 3 heteroatoms. The summed E-state index contributed by atoms with van der Waals surface area (Å²) in [6, 6.07) is 0. The van der Waals surface area contributed by atoms with Crippen LogP contribution in [-0.2, 0) is 4.74 Å². The van der Waals surface area contributed by atoms with Crippen molar-refractivity contribution in [3.63, 3.8) is 0 Å². The van der Waals surface area contributed by atoms with Gasteiger partial charge in [0.1, 0.15) is 0 Å². The van der Waals surface area contributed by atoms with Gasteiger partial charge in [0.05, 0.1) is 13.2 Å². The van der Waals surface area contributed by atoms with Gasteiger partial charge < -0.3 is 9.94 Å². The van der Waals surface area contributed by atoms with E-state index in [9.17, 15) is 0 Å². The van der Waals surface area contributed by atoms with Gasteiger partial charge in [-0.15, -0.1) is 0 Å². The Morgan fingerprint density at radius 3 is 2.90 bits per heavy atom. The lowest BCUT2D eigenvalue weighted by Gasteiger charge is -1.99. The van der Waals surface area contributed by atoms with E-state index in [2.05, 4.69) is 0 Å². The third kappa shape index (κ3) is 7.62. The Balaban J connectivity index is 2.77. The topological polar surface area (TPSA) is 41.5 Å². The number of hydrogen-bond acceptors (Lipinski definition) is 3. The molecule has 0 saturated heterocycles. The second-order valence-corrected chi connectivity index (χ2v) is 1.88. The van der Waals surface area contributed by atoms with Crippen molar-refractivity contribution in [2.24, 2.45) is 0 Å². The van der Waals surface area contributed by atoms with Gasteiger partial charge in [-0.3, -0.25) is 0 Å². The van der Waals surface area contributed by atoms with Crippen LogP contribution in [0.3, 0.4) is 0 Å². The predicted octanol–water partition coefficient (Wildman–Crippen LogP) is 0.948. The SMILES string of the molecule is C/C=C/CCOCCNO. The fourth-order valence-corrected chi connectivity index (χ4v) is 0.538. The number of hydrogen-bond donors (Lipinski definition) is 2. The van der Waals surface area contributed by atoms with E-state index >= 15 is 0 Å². The fourth-order valence-electron chi connectivity index (χ4n) is 0.538. The van der Waals surface area contributed by atoms with E-state index in [1.165, 1.54) is 0 Å². The molecule has 60 valence electrons. The monoisotopic (exact) mass is 145 g/mol. The zero-order chi connectivity index (χ0) is 7.66. The fraction of sp³-hybridized carbons (Fsp3) is 0.714. The van der Waals surface area contributed by atoms with Gasteiger partial charge in [-0.2, -0.15) is 0 Å². The highest BCUT2D eigenvalue weighted by molar-refractivity contribution is 4.75. The summed E-state index contributed by atoms with van der Waals surface area (Å²) in [5.41, 5.74) is 2.02. The van der Waals surface area contributed by atoms with Crippen molar-refractivity contribution in [3.05, 3.63) is 12.2 Å². The van der Waals surface area contributed by atoms with Crippen molar-refractivity contribution < 1.29 is 9.94 Å². The Kier molecular flexibility index (Phi) is 8.29. The number of ether oxygens (including phenoxy) is 1. The lowest BCUT2D eigenvalue weighted by Crippen LogP contribution is -2.15. The first-order valence-electron chi connectivity index (χ1n) is 3.47. The molecule has 0 heterocycles. The van der Waals surface area contributed by atoms with E-state index in [4.69, 9.17) is 9.94 Å². The van der Waals surface area contributed by atoms with E-state index < -0.39 is 0 Å². The van der Waals surface area contributed by atoms with E-state index in [0.29, 0.717) is 13.2 Å². The van der Waals surface area contributed by atoms with Gasteiger partial charge in [0.2, 0.25) is 0 Å². The normalized spacial score (nSPS) is 11.0. The first kappa shape index (κ1) is 9.62. The van der Waals surface area contributed by atoms with Crippen LogP contribution in [0.15, 0.2) is 12.2 Å². The minimum atomic E-state index is 0.496. The standard InChI is InChI=1S/C7H15NO2/c1-2-3-4-6-10-7-5-8-9/h2-3,8-9H,4-7H2,1H3/b3-2+. The molecular weight excluding hydrogens is 130 g/mol. The summed E-state index contributed by atoms with van der Waals surface area (Å²) in [4.78, 5) is 0. The summed E-state index contributed by atoms with van der Waals surface area (Å²) in [5, 5.41) is 8.12.